The summed E-state index contributed by atoms with van der Waals surface area (Å²) >= 11 is 1.66. The van der Waals surface area contributed by atoms with Crippen LogP contribution in [-0.4, -0.2) is 42.1 Å². The van der Waals surface area contributed by atoms with Gasteiger partial charge >= 0.3 is 12.0 Å². The molecule has 2 N–H and O–H groups in total. The van der Waals surface area contributed by atoms with Crippen LogP contribution in [0.3, 0.4) is 0 Å². The number of amides is 2. The molecule has 0 fully saturated rings. The van der Waals surface area contributed by atoms with Gasteiger partial charge in [0.15, 0.2) is 0 Å². The molecule has 1 rings (SSSR count). The zero-order valence-corrected chi connectivity index (χ0v) is 12.3. The minimum atomic E-state index is -0.954. The fraction of sp³-hybridized carbons (Fsp3) is 0.538. The largest absolute Gasteiger partial charge is 0.481 e. The summed E-state index contributed by atoms with van der Waals surface area (Å²) < 4.78 is 0. The van der Waals surface area contributed by atoms with Gasteiger partial charge < -0.3 is 15.3 Å². The molecular weight excluding hydrogens is 264 g/mol. The van der Waals surface area contributed by atoms with Crippen molar-refractivity contribution in [1.29, 1.82) is 0 Å². The Labute approximate surface area is 117 Å². The first-order chi connectivity index (χ1) is 8.83. The molecular formula is C13H20N2O3S. The molecule has 1 heterocycles. The maximum atomic E-state index is 11.8. The number of carboxylic acid groups (broad SMARTS) is 1. The number of carboxylic acids is 1. The highest BCUT2D eigenvalue weighted by Crippen LogP contribution is 2.13. The van der Waals surface area contributed by atoms with E-state index in [1.165, 1.54) is 4.88 Å². The van der Waals surface area contributed by atoms with Crippen LogP contribution in [-0.2, 0) is 11.2 Å². The summed E-state index contributed by atoms with van der Waals surface area (Å²) in [5, 5.41) is 13.6. The van der Waals surface area contributed by atoms with Gasteiger partial charge in [-0.1, -0.05) is 6.07 Å². The van der Waals surface area contributed by atoms with E-state index in [0.717, 1.165) is 6.42 Å². The summed E-state index contributed by atoms with van der Waals surface area (Å²) in [5.41, 5.74) is -0.954. The Kier molecular flexibility index (Phi) is 5.35. The van der Waals surface area contributed by atoms with Crippen LogP contribution in [0.1, 0.15) is 18.7 Å². The summed E-state index contributed by atoms with van der Waals surface area (Å²) in [6.07, 6.45) is 0.809. The van der Waals surface area contributed by atoms with Gasteiger partial charge in [-0.25, -0.2) is 4.79 Å². The fourth-order valence-electron chi connectivity index (χ4n) is 1.34. The maximum Gasteiger partial charge on any atom is 0.317 e. The lowest BCUT2D eigenvalue weighted by atomic mass is 9.94. The minimum absolute atomic E-state index is 0.116. The lowest BCUT2D eigenvalue weighted by molar-refractivity contribution is -0.146. The molecule has 0 bridgehead atoms. The van der Waals surface area contributed by atoms with E-state index < -0.39 is 11.4 Å². The third kappa shape index (κ3) is 4.90. The highest BCUT2D eigenvalue weighted by atomic mass is 32.1. The third-order valence-electron chi connectivity index (χ3n) is 2.88. The van der Waals surface area contributed by atoms with E-state index in [0.29, 0.717) is 6.54 Å². The van der Waals surface area contributed by atoms with Gasteiger partial charge in [-0.2, -0.15) is 0 Å². The molecule has 0 saturated heterocycles. The molecule has 0 unspecified atom stereocenters. The maximum absolute atomic E-state index is 11.8. The number of likely N-dealkylation sites (N-methyl/N-ethyl adjacent to an activating group) is 1. The van der Waals surface area contributed by atoms with Crippen LogP contribution < -0.4 is 5.32 Å². The van der Waals surface area contributed by atoms with Crippen molar-refractivity contribution in [3.63, 3.8) is 0 Å². The molecule has 6 heteroatoms. The van der Waals surface area contributed by atoms with Crippen molar-refractivity contribution in [2.75, 3.05) is 20.1 Å². The van der Waals surface area contributed by atoms with E-state index in [9.17, 15) is 9.59 Å². The number of carbonyl (C=O) groups excluding carboxylic acids is 1. The molecule has 1 aromatic rings. The molecule has 0 saturated carbocycles. The van der Waals surface area contributed by atoms with Crippen LogP contribution >= 0.6 is 11.3 Å². The van der Waals surface area contributed by atoms with Gasteiger partial charge in [-0.15, -0.1) is 11.3 Å². The Morgan fingerprint density at radius 2 is 2.16 bits per heavy atom. The highest BCUT2D eigenvalue weighted by molar-refractivity contribution is 7.09. The van der Waals surface area contributed by atoms with Crippen LogP contribution in [0.2, 0.25) is 0 Å². The van der Waals surface area contributed by atoms with Crippen LogP contribution in [0.25, 0.3) is 0 Å². The van der Waals surface area contributed by atoms with Crippen molar-refractivity contribution in [2.24, 2.45) is 5.41 Å². The first-order valence-corrected chi connectivity index (χ1v) is 6.95. The van der Waals surface area contributed by atoms with Gasteiger partial charge in [-0.05, 0) is 31.7 Å². The Morgan fingerprint density at radius 3 is 2.68 bits per heavy atom. The van der Waals surface area contributed by atoms with Crippen molar-refractivity contribution in [3.05, 3.63) is 22.4 Å². The van der Waals surface area contributed by atoms with E-state index in [4.69, 9.17) is 5.11 Å². The zero-order chi connectivity index (χ0) is 14.5. The number of urea groups is 1. The number of nitrogens with one attached hydrogen (secondary N) is 1. The van der Waals surface area contributed by atoms with E-state index in [1.807, 2.05) is 17.5 Å². The summed E-state index contributed by atoms with van der Waals surface area (Å²) in [6.45, 7) is 3.90. The number of hydrogen-bond acceptors (Lipinski definition) is 3. The number of carbonyl (C=O) groups is 2. The summed E-state index contributed by atoms with van der Waals surface area (Å²) in [4.78, 5) is 25.5. The van der Waals surface area contributed by atoms with Crippen molar-refractivity contribution in [2.45, 2.75) is 20.3 Å². The second-order valence-electron chi connectivity index (χ2n) is 5.10. The van der Waals surface area contributed by atoms with Crippen LogP contribution in [0, 0.1) is 5.41 Å². The van der Waals surface area contributed by atoms with Crippen LogP contribution in [0.15, 0.2) is 17.5 Å². The van der Waals surface area contributed by atoms with Gasteiger partial charge in [0.05, 0.1) is 5.41 Å². The van der Waals surface area contributed by atoms with Gasteiger partial charge in [0.2, 0.25) is 0 Å². The van der Waals surface area contributed by atoms with E-state index in [-0.39, 0.29) is 12.6 Å². The molecule has 0 aliphatic heterocycles. The Balaban J connectivity index is 2.34. The van der Waals surface area contributed by atoms with Gasteiger partial charge in [0, 0.05) is 25.0 Å². The van der Waals surface area contributed by atoms with Crippen molar-refractivity contribution in [3.8, 4) is 0 Å². The first kappa shape index (κ1) is 15.5. The predicted octanol–water partition coefficient (Wildman–Crippen LogP) is 2.04. The molecule has 19 heavy (non-hydrogen) atoms. The van der Waals surface area contributed by atoms with Crippen LogP contribution in [0.5, 0.6) is 0 Å². The van der Waals surface area contributed by atoms with E-state index in [2.05, 4.69) is 5.32 Å². The number of hydrogen-bond donors (Lipinski definition) is 2. The molecule has 0 radical (unpaired) electrons. The monoisotopic (exact) mass is 284 g/mol. The minimum Gasteiger partial charge on any atom is -0.481 e. The SMILES string of the molecule is CN(CCc1cccs1)C(=O)NCC(C)(C)C(=O)O. The topological polar surface area (TPSA) is 69.6 Å². The average Bonchev–Trinajstić information content (AvgIpc) is 2.85. The number of thiophene rings is 1. The molecule has 5 nitrogen and oxygen atoms in total. The molecule has 0 aliphatic rings. The molecule has 0 spiro atoms. The standard InChI is InChI=1S/C13H20N2O3S/c1-13(2,11(16)17)9-14-12(18)15(3)7-6-10-5-4-8-19-10/h4-5,8H,6-7,9H2,1-3H3,(H,14,18)(H,16,17). The predicted molar refractivity (Wildman–Crippen MR) is 75.5 cm³/mol. The molecule has 0 aliphatic carbocycles. The normalized spacial score (nSPS) is 11.1. The average molecular weight is 284 g/mol. The van der Waals surface area contributed by atoms with Crippen molar-refractivity contribution >= 4 is 23.3 Å². The second kappa shape index (κ2) is 6.56. The van der Waals surface area contributed by atoms with Crippen molar-refractivity contribution < 1.29 is 14.7 Å². The Bertz CT molecular complexity index is 429. The van der Waals surface area contributed by atoms with Crippen LogP contribution in [0.4, 0.5) is 4.79 Å². The van der Waals surface area contributed by atoms with Gasteiger partial charge in [-0.3, -0.25) is 4.79 Å². The van der Waals surface area contributed by atoms with E-state index in [1.54, 1.807) is 37.1 Å². The first-order valence-electron chi connectivity index (χ1n) is 6.07. The quantitative estimate of drug-likeness (QED) is 0.840. The zero-order valence-electron chi connectivity index (χ0n) is 11.5. The molecule has 1 aromatic heterocycles. The van der Waals surface area contributed by atoms with E-state index >= 15 is 0 Å². The smallest absolute Gasteiger partial charge is 0.317 e. The van der Waals surface area contributed by atoms with Gasteiger partial charge in [0.25, 0.3) is 0 Å². The summed E-state index contributed by atoms with van der Waals surface area (Å²) in [5.74, 6) is -0.922. The molecule has 106 valence electrons. The summed E-state index contributed by atoms with van der Waals surface area (Å²) in [7, 11) is 1.71. The third-order valence-corrected chi connectivity index (χ3v) is 3.82. The number of aliphatic carboxylic acids is 1. The van der Waals surface area contributed by atoms with Crippen molar-refractivity contribution in [1.82, 2.24) is 10.2 Å². The van der Waals surface area contributed by atoms with Gasteiger partial charge in [0.1, 0.15) is 0 Å². The second-order valence-corrected chi connectivity index (χ2v) is 6.13. The Hall–Kier alpha value is -1.56. The lowest BCUT2D eigenvalue weighted by Gasteiger charge is -2.23. The number of nitrogens with zero attached hydrogens (tertiary/aromatic N) is 1. The Morgan fingerprint density at radius 1 is 1.47 bits per heavy atom. The molecule has 0 atom stereocenters. The molecule has 0 aromatic carbocycles. The molecule has 2 amide bonds. The number of rotatable bonds is 6. The lowest BCUT2D eigenvalue weighted by Crippen LogP contribution is -2.44. The fourth-order valence-corrected chi connectivity index (χ4v) is 2.04. The highest BCUT2D eigenvalue weighted by Gasteiger charge is 2.27. The summed E-state index contributed by atoms with van der Waals surface area (Å²) in [6, 6.07) is 3.77.